The number of rotatable bonds is 2. The summed E-state index contributed by atoms with van der Waals surface area (Å²) in [4.78, 5) is 32.1. The van der Waals surface area contributed by atoms with E-state index in [0.717, 1.165) is 51.2 Å². The van der Waals surface area contributed by atoms with E-state index in [4.69, 9.17) is 0 Å². The number of hydrogen-bond acceptors (Lipinski definition) is 11. The molecule has 0 radical (unpaired) electrons. The molecule has 2 fully saturated rings. The van der Waals surface area contributed by atoms with Crippen LogP contribution in [0.3, 0.4) is 0 Å². The van der Waals surface area contributed by atoms with E-state index in [1.165, 1.54) is 84.5 Å². The zero-order chi connectivity index (χ0) is 31.5. The second-order valence-electron chi connectivity index (χ2n) is 9.54. The number of aromatic hydroxyl groups is 2. The van der Waals surface area contributed by atoms with E-state index in [0.29, 0.717) is 30.5 Å². The second-order valence-corrected chi connectivity index (χ2v) is 12.6. The summed E-state index contributed by atoms with van der Waals surface area (Å²) in [5.41, 5.74) is 10.1. The van der Waals surface area contributed by atoms with Gasteiger partial charge in [-0.25, -0.2) is 14.2 Å². The molecule has 0 aliphatic carbocycles. The molecule has 5 N–H and O–H groups in total. The molecule has 4 aliphatic rings. The molecule has 47 heavy (non-hydrogen) atoms. The maximum absolute atomic E-state index is 13.0. The molecule has 2 saturated heterocycles. The normalized spacial score (nSPS) is 18.8. The summed E-state index contributed by atoms with van der Waals surface area (Å²) in [5.74, 6) is -2.09. The zero-order valence-corrected chi connectivity index (χ0v) is 28.7. The Bertz CT molecular complexity index is 1490. The number of thioether (sulfide) groups is 3. The standard InChI is InChI=1S/C14H14FN3O2S.C11H8FNO2S2.C4H10N2.CH4.2ClH/c15-10-4-3-9(11(19)8-10)7-12-13(20)17-14(21-12)18-6-2-1-5-16-18;1-16-11-13-10(15)9(17-11)4-6-2-3-7(12)5-8(6)14;1-2-4-6-5-3-1;;;/h3-4,7-8,16,19H,1-2,5-6H2;2-5,14H,1H3;5-6H,1-4H2;1H4;2*1H/b12-7-;9-4-;;;;. The average Bonchev–Trinajstić information content (AvgIpc) is 3.58. The van der Waals surface area contributed by atoms with Crippen LogP contribution in [-0.4, -0.2) is 69.0 Å². The highest BCUT2D eigenvalue weighted by atomic mass is 35.5. The van der Waals surface area contributed by atoms with Crippen molar-refractivity contribution in [3.8, 4) is 11.5 Å². The minimum absolute atomic E-state index is 0. The van der Waals surface area contributed by atoms with Crippen LogP contribution in [-0.2, 0) is 9.59 Å². The van der Waals surface area contributed by atoms with Gasteiger partial charge in [0.15, 0.2) is 5.17 Å². The van der Waals surface area contributed by atoms with Crippen molar-refractivity contribution in [3.05, 3.63) is 69.0 Å². The molecule has 2 aromatic carbocycles. The van der Waals surface area contributed by atoms with Gasteiger partial charge in [0.2, 0.25) is 0 Å². The first kappa shape index (κ1) is 42.4. The minimum atomic E-state index is -0.519. The summed E-state index contributed by atoms with van der Waals surface area (Å²) in [6, 6.07) is 7.35. The number of hydrogen-bond donors (Lipinski definition) is 5. The van der Waals surface area contributed by atoms with Gasteiger partial charge in [-0.1, -0.05) is 19.2 Å². The molecule has 0 unspecified atom stereocenters. The highest BCUT2D eigenvalue weighted by Crippen LogP contribution is 2.34. The summed E-state index contributed by atoms with van der Waals surface area (Å²) < 4.78 is 26.4. The average molecular weight is 752 g/mol. The number of carbonyl (C=O) groups is 2. The van der Waals surface area contributed by atoms with E-state index in [1.807, 2.05) is 11.3 Å². The Morgan fingerprint density at radius 2 is 1.32 bits per heavy atom. The van der Waals surface area contributed by atoms with E-state index in [9.17, 15) is 28.6 Å². The molecule has 0 atom stereocenters. The Hall–Kier alpha value is -2.63. The lowest BCUT2D eigenvalue weighted by atomic mass is 10.2. The summed E-state index contributed by atoms with van der Waals surface area (Å²) in [7, 11) is 0. The number of benzene rings is 2. The third kappa shape index (κ3) is 13.1. The topological polar surface area (TPSA) is 139 Å². The van der Waals surface area contributed by atoms with Crippen LogP contribution < -0.4 is 16.3 Å². The third-order valence-electron chi connectivity index (χ3n) is 6.26. The predicted molar refractivity (Wildman–Crippen MR) is 196 cm³/mol. The van der Waals surface area contributed by atoms with Gasteiger partial charge in [0.05, 0.1) is 9.81 Å². The van der Waals surface area contributed by atoms with Crippen LogP contribution in [0.5, 0.6) is 11.5 Å². The zero-order valence-electron chi connectivity index (χ0n) is 24.6. The molecule has 10 nitrogen and oxygen atoms in total. The molecule has 0 bridgehead atoms. The Kier molecular flexibility index (Phi) is 19.3. The van der Waals surface area contributed by atoms with Gasteiger partial charge in [-0.15, -0.1) is 36.6 Å². The van der Waals surface area contributed by atoms with Crippen molar-refractivity contribution in [2.24, 2.45) is 9.98 Å². The predicted octanol–water partition coefficient (Wildman–Crippen LogP) is 6.32. The molecule has 6 rings (SSSR count). The van der Waals surface area contributed by atoms with Crippen LogP contribution in [0.4, 0.5) is 8.78 Å². The Morgan fingerprint density at radius 1 is 0.809 bits per heavy atom. The van der Waals surface area contributed by atoms with E-state index in [-0.39, 0.29) is 55.6 Å². The number of carbonyl (C=O) groups excluding carboxylic acids is 2. The van der Waals surface area contributed by atoms with Crippen molar-refractivity contribution in [2.75, 3.05) is 32.4 Å². The van der Waals surface area contributed by atoms with Crippen LogP contribution in [0.25, 0.3) is 12.2 Å². The molecular formula is C30H38Cl2F2N6O4S3. The number of nitrogens with zero attached hydrogens (tertiary/aromatic N) is 3. The van der Waals surface area contributed by atoms with Crippen LogP contribution in [0.15, 0.2) is 56.2 Å². The lowest BCUT2D eigenvalue weighted by Crippen LogP contribution is -2.45. The lowest BCUT2D eigenvalue weighted by molar-refractivity contribution is -0.114. The minimum Gasteiger partial charge on any atom is -0.507 e. The van der Waals surface area contributed by atoms with Crippen molar-refractivity contribution in [1.82, 2.24) is 21.3 Å². The Morgan fingerprint density at radius 3 is 1.74 bits per heavy atom. The van der Waals surface area contributed by atoms with Crippen molar-refractivity contribution >= 4 is 93.6 Å². The summed E-state index contributed by atoms with van der Waals surface area (Å²) in [6.07, 6.45) is 9.68. The Balaban J connectivity index is 0.000000383. The van der Waals surface area contributed by atoms with Gasteiger partial charge < -0.3 is 10.2 Å². The SMILES string of the molecule is C.C1CCNNC1.CSC1=NC(=O)/C(=C/c2ccc(F)cc2O)S1.Cl.Cl.O=C1N=C(N2CCCCN2)S/C1=C\c1ccc(F)cc1O. The van der Waals surface area contributed by atoms with Crippen LogP contribution in [0.1, 0.15) is 44.2 Å². The van der Waals surface area contributed by atoms with Crippen molar-refractivity contribution in [2.45, 2.75) is 33.1 Å². The number of aliphatic imine (C=N–C) groups is 2. The van der Waals surface area contributed by atoms with Gasteiger partial charge in [-0.05, 0) is 80.1 Å². The number of amides is 2. The first-order chi connectivity index (χ1) is 21.2. The number of hydrazine groups is 2. The molecule has 4 heterocycles. The van der Waals surface area contributed by atoms with Crippen molar-refractivity contribution in [3.63, 3.8) is 0 Å². The highest BCUT2D eigenvalue weighted by molar-refractivity contribution is 8.40. The Labute approximate surface area is 298 Å². The van der Waals surface area contributed by atoms with E-state index in [2.05, 4.69) is 26.3 Å². The van der Waals surface area contributed by atoms with E-state index in [1.54, 1.807) is 0 Å². The summed E-state index contributed by atoms with van der Waals surface area (Å²) in [6.45, 7) is 3.96. The number of amidine groups is 1. The molecule has 258 valence electrons. The number of phenols is 2. The molecular weight excluding hydrogens is 713 g/mol. The van der Waals surface area contributed by atoms with Gasteiger partial charge in [0.1, 0.15) is 27.5 Å². The van der Waals surface area contributed by atoms with Crippen LogP contribution in [0.2, 0.25) is 0 Å². The van der Waals surface area contributed by atoms with Gasteiger partial charge in [0, 0.05) is 49.4 Å². The van der Waals surface area contributed by atoms with Gasteiger partial charge >= 0.3 is 0 Å². The molecule has 0 saturated carbocycles. The molecule has 0 spiro atoms. The maximum atomic E-state index is 13.0. The first-order valence-corrected chi connectivity index (χ1v) is 16.6. The molecule has 0 aromatic heterocycles. The van der Waals surface area contributed by atoms with Crippen molar-refractivity contribution < 1.29 is 28.6 Å². The summed E-state index contributed by atoms with van der Waals surface area (Å²) >= 11 is 3.89. The largest absolute Gasteiger partial charge is 0.507 e. The second kappa shape index (κ2) is 21.4. The third-order valence-corrected chi connectivity index (χ3v) is 9.24. The highest BCUT2D eigenvalue weighted by Gasteiger charge is 2.27. The van der Waals surface area contributed by atoms with Crippen LogP contribution >= 0.6 is 60.1 Å². The number of phenolic OH excluding ortho intramolecular Hbond substituents is 2. The fourth-order valence-corrected chi connectivity index (χ4v) is 6.33. The molecule has 2 amide bonds. The van der Waals surface area contributed by atoms with Crippen molar-refractivity contribution in [1.29, 1.82) is 0 Å². The first-order valence-electron chi connectivity index (χ1n) is 13.8. The molecule has 17 heteroatoms. The molecule has 4 aliphatic heterocycles. The maximum Gasteiger partial charge on any atom is 0.286 e. The van der Waals surface area contributed by atoms with Gasteiger partial charge in [0.25, 0.3) is 11.8 Å². The fraction of sp³-hybridized carbons (Fsp3) is 0.333. The van der Waals surface area contributed by atoms with Gasteiger partial charge in [-0.2, -0.15) is 9.98 Å². The van der Waals surface area contributed by atoms with Crippen LogP contribution in [0, 0.1) is 11.6 Å². The van der Waals surface area contributed by atoms with E-state index < -0.39 is 11.6 Å². The lowest BCUT2D eigenvalue weighted by Gasteiger charge is -2.28. The fourth-order valence-electron chi connectivity index (χ4n) is 4.01. The van der Waals surface area contributed by atoms with Gasteiger partial charge in [-0.3, -0.25) is 25.4 Å². The molecule has 2 aromatic rings. The monoisotopic (exact) mass is 750 g/mol. The smallest absolute Gasteiger partial charge is 0.286 e. The van der Waals surface area contributed by atoms with E-state index >= 15 is 0 Å². The number of nitrogens with one attached hydrogen (secondary N) is 3. The number of halogens is 4. The quantitative estimate of drug-likeness (QED) is 0.221. The summed E-state index contributed by atoms with van der Waals surface area (Å²) in [5, 5.41) is 21.7.